The topological polar surface area (TPSA) is 107 Å². The van der Waals surface area contributed by atoms with Gasteiger partial charge in [0.25, 0.3) is 0 Å². The maximum Gasteiger partial charge on any atom is 0.387 e. The van der Waals surface area contributed by atoms with Crippen molar-refractivity contribution < 1.29 is 23.4 Å². The maximum atomic E-state index is 12.1. The number of rotatable bonds is 8. The maximum absolute atomic E-state index is 12.1. The summed E-state index contributed by atoms with van der Waals surface area (Å²) < 4.78 is 28.3. The number of halogens is 2. The average molecular weight is 300 g/mol. The summed E-state index contributed by atoms with van der Waals surface area (Å²) in [5, 5.41) is 15.4. The first-order valence-electron chi connectivity index (χ1n) is 5.95. The number of ether oxygens (including phenoxy) is 1. The van der Waals surface area contributed by atoms with Crippen LogP contribution in [0.4, 0.5) is 8.78 Å². The Morgan fingerprint density at radius 2 is 2.14 bits per heavy atom. The van der Waals surface area contributed by atoms with Gasteiger partial charge >= 0.3 is 12.6 Å². The molecule has 1 aromatic carbocycles. The molecule has 0 amide bonds. The second kappa shape index (κ2) is 7.41. The lowest BCUT2D eigenvalue weighted by atomic mass is 9.92. The van der Waals surface area contributed by atoms with Gasteiger partial charge in [-0.2, -0.15) is 8.78 Å². The molecular weight excluding hydrogens is 286 g/mol. The minimum atomic E-state index is -2.94. The fourth-order valence-electron chi connectivity index (χ4n) is 1.67. The summed E-state index contributed by atoms with van der Waals surface area (Å²) in [7, 11) is 0. The Morgan fingerprint density at radius 1 is 1.52 bits per heavy atom. The molecule has 0 aliphatic rings. The number of aliphatic carboxylic acids is 1. The van der Waals surface area contributed by atoms with E-state index in [-0.39, 0.29) is 18.8 Å². The predicted molar refractivity (Wildman–Crippen MR) is 70.1 cm³/mol. The summed E-state index contributed by atoms with van der Waals surface area (Å²) in [5.41, 5.74) is 7.09. The van der Waals surface area contributed by atoms with E-state index >= 15 is 0 Å². The molecular formula is C12H14F2N4O3. The molecule has 0 saturated heterocycles. The van der Waals surface area contributed by atoms with Crippen molar-refractivity contribution in [1.29, 1.82) is 0 Å². The van der Waals surface area contributed by atoms with Gasteiger partial charge < -0.3 is 9.84 Å². The summed E-state index contributed by atoms with van der Waals surface area (Å²) in [6.45, 7) is -1.27. The van der Waals surface area contributed by atoms with E-state index < -0.39 is 18.1 Å². The number of nitrogens with zero attached hydrogens (tertiary/aromatic N) is 3. The van der Waals surface area contributed by atoms with Crippen molar-refractivity contribution in [2.24, 2.45) is 5.11 Å². The zero-order valence-corrected chi connectivity index (χ0v) is 11.2. The van der Waals surface area contributed by atoms with Crippen LogP contribution in [0.5, 0.6) is 5.75 Å². The SMILES string of the molecule is CC(NCCN=[N+]=[N-])(C(=O)O)c1ccc(OC(F)F)cc1. The summed E-state index contributed by atoms with van der Waals surface area (Å²) in [5.74, 6) is -1.21. The molecule has 1 unspecified atom stereocenters. The second-order valence-corrected chi connectivity index (χ2v) is 4.21. The van der Waals surface area contributed by atoms with Crippen LogP contribution in [0.3, 0.4) is 0 Å². The molecule has 0 radical (unpaired) electrons. The lowest BCUT2D eigenvalue weighted by molar-refractivity contribution is -0.144. The number of carbonyl (C=O) groups is 1. The molecule has 0 aromatic heterocycles. The molecule has 0 fully saturated rings. The fourth-order valence-corrected chi connectivity index (χ4v) is 1.67. The number of azide groups is 1. The Kier molecular flexibility index (Phi) is 5.89. The number of carboxylic acids is 1. The normalized spacial score (nSPS) is 13.3. The molecule has 1 atom stereocenters. The number of carboxylic acid groups (broad SMARTS) is 1. The third-order valence-corrected chi connectivity index (χ3v) is 2.84. The van der Waals surface area contributed by atoms with E-state index in [1.165, 1.54) is 31.2 Å². The number of benzene rings is 1. The molecule has 0 saturated carbocycles. The van der Waals surface area contributed by atoms with Gasteiger partial charge in [0.2, 0.25) is 0 Å². The van der Waals surface area contributed by atoms with Gasteiger partial charge in [0.1, 0.15) is 11.3 Å². The molecule has 21 heavy (non-hydrogen) atoms. The molecule has 0 bridgehead atoms. The Morgan fingerprint density at radius 3 is 2.62 bits per heavy atom. The van der Waals surface area contributed by atoms with Gasteiger partial charge in [0, 0.05) is 18.0 Å². The van der Waals surface area contributed by atoms with Crippen molar-refractivity contribution in [2.75, 3.05) is 13.1 Å². The van der Waals surface area contributed by atoms with Crippen molar-refractivity contribution in [1.82, 2.24) is 5.32 Å². The van der Waals surface area contributed by atoms with E-state index in [1.54, 1.807) is 0 Å². The smallest absolute Gasteiger partial charge is 0.387 e. The van der Waals surface area contributed by atoms with Gasteiger partial charge in [-0.1, -0.05) is 17.2 Å². The molecule has 9 heteroatoms. The van der Waals surface area contributed by atoms with E-state index in [9.17, 15) is 18.7 Å². The highest BCUT2D eigenvalue weighted by molar-refractivity contribution is 5.80. The van der Waals surface area contributed by atoms with Crippen LogP contribution in [0.1, 0.15) is 12.5 Å². The summed E-state index contributed by atoms with van der Waals surface area (Å²) >= 11 is 0. The molecule has 1 aromatic rings. The van der Waals surface area contributed by atoms with Crippen LogP contribution in [0.25, 0.3) is 10.4 Å². The highest BCUT2D eigenvalue weighted by atomic mass is 19.3. The van der Waals surface area contributed by atoms with Gasteiger partial charge in [0.05, 0.1) is 0 Å². The summed E-state index contributed by atoms with van der Waals surface area (Å²) in [6, 6.07) is 5.29. The molecule has 0 spiro atoms. The first-order chi connectivity index (χ1) is 9.90. The van der Waals surface area contributed by atoms with E-state index in [2.05, 4.69) is 20.1 Å². The van der Waals surface area contributed by atoms with Gasteiger partial charge in [-0.05, 0) is 30.2 Å². The summed E-state index contributed by atoms with van der Waals surface area (Å²) in [6.07, 6.45) is 0. The minimum Gasteiger partial charge on any atom is -0.480 e. The van der Waals surface area contributed by atoms with Crippen molar-refractivity contribution in [2.45, 2.75) is 19.1 Å². The van der Waals surface area contributed by atoms with Crippen LogP contribution in [0, 0.1) is 0 Å². The molecule has 114 valence electrons. The van der Waals surface area contributed by atoms with Gasteiger partial charge in [-0.25, -0.2) is 4.79 Å². The molecule has 0 aliphatic carbocycles. The van der Waals surface area contributed by atoms with Crippen molar-refractivity contribution in [3.05, 3.63) is 40.3 Å². The quantitative estimate of drug-likeness (QED) is 0.333. The minimum absolute atomic E-state index is 0.0597. The Hall–Kier alpha value is -2.38. The molecule has 2 N–H and O–H groups in total. The van der Waals surface area contributed by atoms with Crippen molar-refractivity contribution >= 4 is 5.97 Å². The van der Waals surface area contributed by atoms with Gasteiger partial charge in [0.15, 0.2) is 0 Å². The van der Waals surface area contributed by atoms with Crippen LogP contribution < -0.4 is 10.1 Å². The molecule has 0 aliphatic heterocycles. The summed E-state index contributed by atoms with van der Waals surface area (Å²) in [4.78, 5) is 14.0. The van der Waals surface area contributed by atoms with Gasteiger partial charge in [-0.15, -0.1) is 0 Å². The van der Waals surface area contributed by atoms with Crippen LogP contribution >= 0.6 is 0 Å². The van der Waals surface area contributed by atoms with Crippen LogP contribution in [-0.4, -0.2) is 30.8 Å². The molecule has 1 rings (SSSR count). The van der Waals surface area contributed by atoms with E-state index in [0.29, 0.717) is 5.56 Å². The number of hydrogen-bond donors (Lipinski definition) is 2. The second-order valence-electron chi connectivity index (χ2n) is 4.21. The average Bonchev–Trinajstić information content (AvgIpc) is 2.43. The number of nitrogens with one attached hydrogen (secondary N) is 1. The zero-order valence-electron chi connectivity index (χ0n) is 11.2. The van der Waals surface area contributed by atoms with Crippen LogP contribution in [0.15, 0.2) is 29.4 Å². The van der Waals surface area contributed by atoms with Crippen LogP contribution in [0.2, 0.25) is 0 Å². The molecule has 0 heterocycles. The van der Waals surface area contributed by atoms with E-state index in [4.69, 9.17) is 5.53 Å². The monoisotopic (exact) mass is 300 g/mol. The Labute approximate surface area is 119 Å². The highest BCUT2D eigenvalue weighted by Crippen LogP contribution is 2.24. The lowest BCUT2D eigenvalue weighted by Crippen LogP contribution is -2.47. The largest absolute Gasteiger partial charge is 0.480 e. The third-order valence-electron chi connectivity index (χ3n) is 2.84. The van der Waals surface area contributed by atoms with Crippen molar-refractivity contribution in [3.63, 3.8) is 0 Å². The van der Waals surface area contributed by atoms with Crippen LogP contribution in [-0.2, 0) is 10.3 Å². The Balaban J connectivity index is 2.88. The standard InChI is InChI=1S/C12H14F2N4O3/c1-12(10(19)20,16-6-7-17-18-15)8-2-4-9(5-3-8)21-11(13)14/h2-5,11,16H,6-7H2,1H3,(H,19,20). The van der Waals surface area contributed by atoms with Gasteiger partial charge in [-0.3, -0.25) is 5.32 Å². The first kappa shape index (κ1) is 16.7. The lowest BCUT2D eigenvalue weighted by Gasteiger charge is -2.26. The number of alkyl halides is 2. The van der Waals surface area contributed by atoms with Crippen molar-refractivity contribution in [3.8, 4) is 5.75 Å². The third kappa shape index (κ3) is 4.59. The highest BCUT2D eigenvalue weighted by Gasteiger charge is 2.34. The fraction of sp³-hybridized carbons (Fsp3) is 0.417. The Bertz CT molecular complexity index is 532. The molecule has 7 nitrogen and oxygen atoms in total. The predicted octanol–water partition coefficient (Wildman–Crippen LogP) is 2.49. The van der Waals surface area contributed by atoms with E-state index in [1.807, 2.05) is 0 Å². The zero-order chi connectivity index (χ0) is 15.9. The first-order valence-corrected chi connectivity index (χ1v) is 5.95. The number of hydrogen-bond acceptors (Lipinski definition) is 4. The van der Waals surface area contributed by atoms with E-state index in [0.717, 1.165) is 0 Å².